The first-order chi connectivity index (χ1) is 14.5. The molecule has 0 bridgehead atoms. The van der Waals surface area contributed by atoms with E-state index in [0.29, 0.717) is 17.6 Å². The first kappa shape index (κ1) is 26.4. The van der Waals surface area contributed by atoms with Gasteiger partial charge in [-0.25, -0.2) is 0 Å². The average molecular weight is 443 g/mol. The predicted octanol–water partition coefficient (Wildman–Crippen LogP) is 8.20. The molecular weight excluding hydrogens is 408 g/mol. The maximum absolute atomic E-state index is 9.25. The summed E-state index contributed by atoms with van der Waals surface area (Å²) in [6.45, 7) is 12.6. The molecule has 0 amide bonds. The molecule has 3 N–H and O–H groups in total. The van der Waals surface area contributed by atoms with Crippen LogP contribution in [0.3, 0.4) is 0 Å². The lowest BCUT2D eigenvalue weighted by molar-refractivity contribution is 0.403. The Hall–Kier alpha value is -2.65. The molecule has 4 heteroatoms. The third kappa shape index (κ3) is 8.94. The Morgan fingerprint density at radius 2 is 1.06 bits per heavy atom. The van der Waals surface area contributed by atoms with Crippen LogP contribution < -0.4 is 0 Å². The number of hydrogen-bond acceptors (Lipinski definition) is 3. The molecule has 0 fully saturated rings. The van der Waals surface area contributed by atoms with Crippen LogP contribution in [0.15, 0.2) is 66.7 Å². The van der Waals surface area contributed by atoms with Gasteiger partial charge >= 0.3 is 0 Å². The van der Waals surface area contributed by atoms with Gasteiger partial charge in [0.1, 0.15) is 5.75 Å². The summed E-state index contributed by atoms with van der Waals surface area (Å²) in [6, 6.07) is 21.0. The number of benzene rings is 3. The van der Waals surface area contributed by atoms with Crippen molar-refractivity contribution in [1.29, 1.82) is 0 Å². The SMILES string of the molecule is CC(C)c1ccc(O)c(O)c1Cl.CC(C)c1ccc(O)cc1.CC(C)c1ccccc1. The molecule has 3 aromatic carbocycles. The third-order valence-corrected chi connectivity index (χ3v) is 5.17. The van der Waals surface area contributed by atoms with Crippen LogP contribution in [0.1, 0.15) is 76.0 Å². The van der Waals surface area contributed by atoms with Gasteiger partial charge in [0.25, 0.3) is 0 Å². The Labute approximate surface area is 192 Å². The smallest absolute Gasteiger partial charge is 0.176 e. The van der Waals surface area contributed by atoms with E-state index >= 15 is 0 Å². The Balaban J connectivity index is 0.000000235. The zero-order chi connectivity index (χ0) is 23.6. The number of phenolic OH excluding ortho intramolecular Hbond substituents is 3. The summed E-state index contributed by atoms with van der Waals surface area (Å²) < 4.78 is 0. The van der Waals surface area contributed by atoms with E-state index in [9.17, 15) is 5.11 Å². The highest BCUT2D eigenvalue weighted by Crippen LogP contribution is 2.38. The highest BCUT2D eigenvalue weighted by Gasteiger charge is 2.11. The van der Waals surface area contributed by atoms with Gasteiger partial charge < -0.3 is 15.3 Å². The summed E-state index contributed by atoms with van der Waals surface area (Å²) >= 11 is 5.78. The Kier molecular flexibility index (Phi) is 11.0. The lowest BCUT2D eigenvalue weighted by Gasteiger charge is -2.09. The molecule has 0 spiro atoms. The largest absolute Gasteiger partial charge is 0.508 e. The van der Waals surface area contributed by atoms with Gasteiger partial charge in [-0.2, -0.15) is 0 Å². The molecule has 0 aliphatic heterocycles. The van der Waals surface area contributed by atoms with E-state index in [1.807, 2.05) is 32.0 Å². The minimum atomic E-state index is -0.233. The Morgan fingerprint density at radius 1 is 0.581 bits per heavy atom. The lowest BCUT2D eigenvalue weighted by atomic mass is 10.0. The van der Waals surface area contributed by atoms with E-state index in [1.54, 1.807) is 18.2 Å². The van der Waals surface area contributed by atoms with Gasteiger partial charge in [0.05, 0.1) is 5.02 Å². The fourth-order valence-corrected chi connectivity index (χ4v) is 3.09. The molecule has 0 saturated heterocycles. The van der Waals surface area contributed by atoms with Crippen molar-refractivity contribution in [3.05, 3.63) is 88.4 Å². The Morgan fingerprint density at radius 3 is 1.48 bits per heavy atom. The molecule has 0 aliphatic rings. The minimum absolute atomic E-state index is 0.176. The van der Waals surface area contributed by atoms with Crippen molar-refractivity contribution in [3.63, 3.8) is 0 Å². The maximum Gasteiger partial charge on any atom is 0.176 e. The zero-order valence-corrected chi connectivity index (χ0v) is 20.1. The minimum Gasteiger partial charge on any atom is -0.508 e. The van der Waals surface area contributed by atoms with Crippen molar-refractivity contribution in [3.8, 4) is 17.2 Å². The maximum atomic E-state index is 9.25. The molecule has 0 heterocycles. The van der Waals surface area contributed by atoms with Crippen LogP contribution >= 0.6 is 11.6 Å². The first-order valence-corrected chi connectivity index (χ1v) is 11.0. The number of hydrogen-bond donors (Lipinski definition) is 3. The van der Waals surface area contributed by atoms with Gasteiger partial charge in [-0.1, -0.05) is 102 Å². The molecule has 3 nitrogen and oxygen atoms in total. The van der Waals surface area contributed by atoms with E-state index < -0.39 is 0 Å². The molecule has 0 aromatic heterocycles. The topological polar surface area (TPSA) is 60.7 Å². The Bertz CT molecular complexity index is 902. The summed E-state index contributed by atoms with van der Waals surface area (Å²) in [4.78, 5) is 0. The van der Waals surface area contributed by atoms with Gasteiger partial charge in [0.15, 0.2) is 11.5 Å². The summed E-state index contributed by atoms with van der Waals surface area (Å²) in [7, 11) is 0. The lowest BCUT2D eigenvalue weighted by Crippen LogP contribution is -1.88. The van der Waals surface area contributed by atoms with Gasteiger partial charge in [-0.05, 0) is 52.6 Å². The van der Waals surface area contributed by atoms with Crippen molar-refractivity contribution in [2.45, 2.75) is 59.3 Å². The summed E-state index contributed by atoms with van der Waals surface area (Å²) in [5.74, 6) is 1.37. The molecular formula is C27H35ClO3. The van der Waals surface area contributed by atoms with Crippen molar-refractivity contribution >= 4 is 11.6 Å². The molecule has 0 atom stereocenters. The molecule has 0 radical (unpaired) electrons. The second-order valence-corrected chi connectivity index (χ2v) is 8.68. The predicted molar refractivity (Wildman–Crippen MR) is 132 cm³/mol. The quantitative estimate of drug-likeness (QED) is 0.358. The third-order valence-electron chi connectivity index (χ3n) is 4.77. The van der Waals surface area contributed by atoms with Crippen molar-refractivity contribution in [2.24, 2.45) is 0 Å². The van der Waals surface area contributed by atoms with Crippen LogP contribution in [0, 0.1) is 0 Å². The molecule has 31 heavy (non-hydrogen) atoms. The number of aromatic hydroxyl groups is 3. The standard InChI is InChI=1S/C9H11ClO2.C9H12O.C9H12/c1-5(2)6-3-4-7(11)9(12)8(6)10;1-7(2)8-3-5-9(10)6-4-8;1-8(2)9-6-4-3-5-7-9/h3-5,11-12H,1-2H3;3-7,10H,1-2H3;3-8H,1-2H3. The molecule has 0 unspecified atom stereocenters. The number of phenols is 3. The summed E-state index contributed by atoms with van der Waals surface area (Å²) in [6.07, 6.45) is 0. The van der Waals surface area contributed by atoms with E-state index in [0.717, 1.165) is 5.56 Å². The van der Waals surface area contributed by atoms with Gasteiger partial charge in [-0.3, -0.25) is 0 Å². The van der Waals surface area contributed by atoms with E-state index in [4.69, 9.17) is 21.8 Å². The first-order valence-electron chi connectivity index (χ1n) is 10.6. The summed E-state index contributed by atoms with van der Waals surface area (Å²) in [5, 5.41) is 27.5. The molecule has 168 valence electrons. The van der Waals surface area contributed by atoms with Gasteiger partial charge in [0, 0.05) is 0 Å². The summed E-state index contributed by atoms with van der Waals surface area (Å²) in [5.41, 5.74) is 3.52. The van der Waals surface area contributed by atoms with Crippen molar-refractivity contribution in [2.75, 3.05) is 0 Å². The average Bonchev–Trinajstić information content (AvgIpc) is 2.73. The van der Waals surface area contributed by atoms with Crippen LogP contribution in [0.25, 0.3) is 0 Å². The molecule has 0 aliphatic carbocycles. The molecule has 3 aromatic rings. The van der Waals surface area contributed by atoms with E-state index in [1.165, 1.54) is 17.2 Å². The van der Waals surface area contributed by atoms with Crippen molar-refractivity contribution < 1.29 is 15.3 Å². The number of rotatable bonds is 3. The van der Waals surface area contributed by atoms with Crippen LogP contribution in [-0.2, 0) is 0 Å². The van der Waals surface area contributed by atoms with Gasteiger partial charge in [0.2, 0.25) is 0 Å². The fraction of sp³-hybridized carbons (Fsp3) is 0.333. The number of halogens is 1. The van der Waals surface area contributed by atoms with E-state index in [2.05, 4.69) is 52.0 Å². The van der Waals surface area contributed by atoms with Crippen LogP contribution in [0.4, 0.5) is 0 Å². The fourth-order valence-electron chi connectivity index (χ4n) is 2.71. The van der Waals surface area contributed by atoms with E-state index in [-0.39, 0.29) is 22.4 Å². The second kappa shape index (κ2) is 12.9. The van der Waals surface area contributed by atoms with Crippen LogP contribution in [0.2, 0.25) is 5.02 Å². The van der Waals surface area contributed by atoms with Crippen LogP contribution in [-0.4, -0.2) is 15.3 Å². The molecule has 0 saturated carbocycles. The highest BCUT2D eigenvalue weighted by molar-refractivity contribution is 6.33. The highest BCUT2D eigenvalue weighted by atomic mass is 35.5. The van der Waals surface area contributed by atoms with Crippen LogP contribution in [0.5, 0.6) is 17.2 Å². The van der Waals surface area contributed by atoms with Crippen molar-refractivity contribution in [1.82, 2.24) is 0 Å². The van der Waals surface area contributed by atoms with Gasteiger partial charge in [-0.15, -0.1) is 0 Å². The zero-order valence-electron chi connectivity index (χ0n) is 19.3. The monoisotopic (exact) mass is 442 g/mol. The normalized spacial score (nSPS) is 10.4. The second-order valence-electron chi connectivity index (χ2n) is 8.30. The molecule has 3 rings (SSSR count).